The Kier molecular flexibility index (Phi) is 6.90. The highest BCUT2D eigenvalue weighted by Crippen LogP contribution is 2.20. The first-order valence-corrected chi connectivity index (χ1v) is 7.54. The first-order valence-electron chi connectivity index (χ1n) is 6.66. The van der Waals surface area contributed by atoms with Crippen molar-refractivity contribution in [3.05, 3.63) is 11.1 Å². The third-order valence-electron chi connectivity index (χ3n) is 2.73. The van der Waals surface area contributed by atoms with Crippen LogP contribution in [0.2, 0.25) is 0 Å². The Hall–Kier alpha value is -0.940. The van der Waals surface area contributed by atoms with Crippen LogP contribution in [0.15, 0.2) is 5.38 Å². The summed E-state index contributed by atoms with van der Waals surface area (Å²) in [5.74, 6) is 0.0699. The van der Waals surface area contributed by atoms with Crippen LogP contribution >= 0.6 is 11.3 Å². The fraction of sp³-hybridized carbons (Fsp3) is 0.692. The number of nitrogens with one attached hydrogen (secondary N) is 2. The molecule has 0 aliphatic rings. The van der Waals surface area contributed by atoms with E-state index in [4.69, 9.17) is 0 Å². The predicted molar refractivity (Wildman–Crippen MR) is 77.0 cm³/mol. The van der Waals surface area contributed by atoms with Gasteiger partial charge in [-0.25, -0.2) is 4.98 Å². The van der Waals surface area contributed by atoms with E-state index in [-0.39, 0.29) is 11.9 Å². The second-order valence-corrected chi connectivity index (χ2v) is 5.22. The Balaban J connectivity index is 2.41. The predicted octanol–water partition coefficient (Wildman–Crippen LogP) is 3.33. The molecule has 1 rings (SSSR count). The van der Waals surface area contributed by atoms with Gasteiger partial charge < -0.3 is 10.6 Å². The maximum Gasteiger partial charge on any atom is 0.226 e. The molecule has 0 radical (unpaired) electrons. The summed E-state index contributed by atoms with van der Waals surface area (Å²) in [7, 11) is 0. The van der Waals surface area contributed by atoms with Gasteiger partial charge >= 0.3 is 0 Å². The quantitative estimate of drug-likeness (QED) is 0.712. The summed E-state index contributed by atoms with van der Waals surface area (Å²) in [4.78, 5) is 16.1. The lowest BCUT2D eigenvalue weighted by atomic mass is 10.2. The minimum atomic E-state index is 0.0699. The molecule has 0 aliphatic heterocycles. The number of unbranched alkanes of at least 4 members (excludes halogenated alkanes) is 2. The van der Waals surface area contributed by atoms with Gasteiger partial charge in [-0.05, 0) is 19.9 Å². The standard InChI is InChI=1S/C13H23N3OS/c1-4-6-7-8-12(17)16-13-15-11(9-18-13)10(3)14-5-2/h9-10,14H,4-8H2,1-3H3,(H,15,16,17). The fourth-order valence-electron chi connectivity index (χ4n) is 1.67. The van der Waals surface area contributed by atoms with Gasteiger partial charge in [0, 0.05) is 17.8 Å². The second kappa shape index (κ2) is 8.21. The number of hydrogen-bond acceptors (Lipinski definition) is 4. The van der Waals surface area contributed by atoms with Crippen molar-refractivity contribution in [3.8, 4) is 0 Å². The Morgan fingerprint density at radius 2 is 2.22 bits per heavy atom. The molecule has 0 aliphatic carbocycles. The summed E-state index contributed by atoms with van der Waals surface area (Å²) in [5, 5.41) is 8.86. The highest BCUT2D eigenvalue weighted by molar-refractivity contribution is 7.13. The normalized spacial score (nSPS) is 12.4. The van der Waals surface area contributed by atoms with E-state index in [1.54, 1.807) is 0 Å². The minimum Gasteiger partial charge on any atom is -0.309 e. The topological polar surface area (TPSA) is 54.0 Å². The maximum atomic E-state index is 11.6. The zero-order valence-corrected chi connectivity index (χ0v) is 12.3. The molecule has 1 aromatic rings. The van der Waals surface area contributed by atoms with E-state index in [0.29, 0.717) is 11.6 Å². The first kappa shape index (κ1) is 15.1. The van der Waals surface area contributed by atoms with E-state index in [9.17, 15) is 4.79 Å². The molecule has 102 valence electrons. The summed E-state index contributed by atoms with van der Waals surface area (Å²) >= 11 is 1.49. The molecule has 1 amide bonds. The van der Waals surface area contributed by atoms with E-state index < -0.39 is 0 Å². The number of carbonyl (C=O) groups excluding carboxylic acids is 1. The average Bonchev–Trinajstić information content (AvgIpc) is 2.78. The van der Waals surface area contributed by atoms with Gasteiger partial charge in [-0.2, -0.15) is 0 Å². The van der Waals surface area contributed by atoms with Crippen LogP contribution in [0.25, 0.3) is 0 Å². The number of anilines is 1. The number of aromatic nitrogens is 1. The molecule has 4 nitrogen and oxygen atoms in total. The molecular weight excluding hydrogens is 246 g/mol. The molecule has 1 aromatic heterocycles. The Morgan fingerprint density at radius 3 is 2.89 bits per heavy atom. The van der Waals surface area contributed by atoms with Crippen LogP contribution in [0.1, 0.15) is 58.2 Å². The van der Waals surface area contributed by atoms with E-state index in [1.807, 2.05) is 5.38 Å². The Morgan fingerprint density at radius 1 is 1.44 bits per heavy atom. The fourth-order valence-corrected chi connectivity index (χ4v) is 2.49. The van der Waals surface area contributed by atoms with Crippen molar-refractivity contribution < 1.29 is 4.79 Å². The number of amides is 1. The average molecular weight is 269 g/mol. The van der Waals surface area contributed by atoms with E-state index in [2.05, 4.69) is 36.4 Å². The van der Waals surface area contributed by atoms with Gasteiger partial charge in [0.15, 0.2) is 5.13 Å². The molecule has 5 heteroatoms. The molecule has 0 bridgehead atoms. The zero-order chi connectivity index (χ0) is 13.4. The largest absolute Gasteiger partial charge is 0.309 e. The van der Waals surface area contributed by atoms with Crippen molar-refractivity contribution >= 4 is 22.4 Å². The van der Waals surface area contributed by atoms with Gasteiger partial charge in [0.1, 0.15) is 0 Å². The summed E-state index contributed by atoms with van der Waals surface area (Å²) in [6, 6.07) is 0.233. The van der Waals surface area contributed by atoms with Crippen LogP contribution in [0.5, 0.6) is 0 Å². The van der Waals surface area contributed by atoms with Crippen molar-refractivity contribution in [3.63, 3.8) is 0 Å². The molecule has 1 unspecified atom stereocenters. The van der Waals surface area contributed by atoms with Crippen molar-refractivity contribution in [2.75, 3.05) is 11.9 Å². The van der Waals surface area contributed by atoms with Crippen LogP contribution in [-0.4, -0.2) is 17.4 Å². The second-order valence-electron chi connectivity index (χ2n) is 4.36. The van der Waals surface area contributed by atoms with Gasteiger partial charge in [0.25, 0.3) is 0 Å². The third kappa shape index (κ3) is 5.14. The van der Waals surface area contributed by atoms with Crippen LogP contribution in [-0.2, 0) is 4.79 Å². The van der Waals surface area contributed by atoms with Crippen LogP contribution in [0, 0.1) is 0 Å². The van der Waals surface area contributed by atoms with Crippen LogP contribution < -0.4 is 10.6 Å². The molecule has 18 heavy (non-hydrogen) atoms. The van der Waals surface area contributed by atoms with Crippen molar-refractivity contribution in [2.24, 2.45) is 0 Å². The summed E-state index contributed by atoms with van der Waals surface area (Å²) in [6.45, 7) is 7.19. The first-order chi connectivity index (χ1) is 8.67. The lowest BCUT2D eigenvalue weighted by Gasteiger charge is -2.08. The highest BCUT2D eigenvalue weighted by atomic mass is 32.1. The molecule has 0 aromatic carbocycles. The van der Waals surface area contributed by atoms with E-state index in [1.165, 1.54) is 11.3 Å². The molecule has 2 N–H and O–H groups in total. The molecule has 0 saturated heterocycles. The monoisotopic (exact) mass is 269 g/mol. The van der Waals surface area contributed by atoms with Crippen LogP contribution in [0.4, 0.5) is 5.13 Å². The lowest BCUT2D eigenvalue weighted by molar-refractivity contribution is -0.116. The molecular formula is C13H23N3OS. The molecule has 0 fully saturated rings. The highest BCUT2D eigenvalue weighted by Gasteiger charge is 2.10. The van der Waals surface area contributed by atoms with Crippen molar-refractivity contribution in [1.29, 1.82) is 0 Å². The molecule has 1 heterocycles. The van der Waals surface area contributed by atoms with Gasteiger partial charge in [0.2, 0.25) is 5.91 Å². The summed E-state index contributed by atoms with van der Waals surface area (Å²) in [5.41, 5.74) is 0.991. The van der Waals surface area contributed by atoms with E-state index in [0.717, 1.165) is 31.5 Å². The molecule has 0 spiro atoms. The maximum absolute atomic E-state index is 11.6. The van der Waals surface area contributed by atoms with E-state index >= 15 is 0 Å². The van der Waals surface area contributed by atoms with Gasteiger partial charge in [-0.3, -0.25) is 4.79 Å². The third-order valence-corrected chi connectivity index (χ3v) is 3.51. The number of thiazole rings is 1. The Bertz CT molecular complexity index is 365. The smallest absolute Gasteiger partial charge is 0.226 e. The van der Waals surface area contributed by atoms with Gasteiger partial charge in [-0.1, -0.05) is 26.7 Å². The van der Waals surface area contributed by atoms with Gasteiger partial charge in [0.05, 0.1) is 5.69 Å². The number of nitrogens with zero attached hydrogens (tertiary/aromatic N) is 1. The van der Waals surface area contributed by atoms with Crippen molar-refractivity contribution in [2.45, 2.75) is 52.5 Å². The summed E-state index contributed by atoms with van der Waals surface area (Å²) in [6.07, 6.45) is 3.78. The number of rotatable bonds is 8. The number of carbonyl (C=O) groups is 1. The van der Waals surface area contributed by atoms with Crippen molar-refractivity contribution in [1.82, 2.24) is 10.3 Å². The van der Waals surface area contributed by atoms with Crippen LogP contribution in [0.3, 0.4) is 0 Å². The molecule has 0 saturated carbocycles. The summed E-state index contributed by atoms with van der Waals surface area (Å²) < 4.78 is 0. The minimum absolute atomic E-state index is 0.0699. The SMILES string of the molecule is CCCCCC(=O)Nc1nc(C(C)NCC)cs1. The Labute approximate surface area is 113 Å². The zero-order valence-electron chi connectivity index (χ0n) is 11.5. The number of hydrogen-bond donors (Lipinski definition) is 2. The lowest BCUT2D eigenvalue weighted by Crippen LogP contribution is -2.18. The molecule has 1 atom stereocenters. The van der Waals surface area contributed by atoms with Gasteiger partial charge in [-0.15, -0.1) is 11.3 Å².